The van der Waals surface area contributed by atoms with Crippen molar-refractivity contribution in [2.75, 3.05) is 0 Å². The van der Waals surface area contributed by atoms with E-state index < -0.39 is 29.0 Å². The summed E-state index contributed by atoms with van der Waals surface area (Å²) in [5.74, 6) is 0. The van der Waals surface area contributed by atoms with Gasteiger partial charge in [0, 0.05) is 27.6 Å². The van der Waals surface area contributed by atoms with Crippen molar-refractivity contribution < 1.29 is 30.7 Å². The van der Waals surface area contributed by atoms with E-state index in [9.17, 15) is 26.3 Å². The summed E-state index contributed by atoms with van der Waals surface area (Å²) in [6.45, 7) is 13.1. The van der Waals surface area contributed by atoms with Gasteiger partial charge in [0.2, 0.25) is 0 Å². The second-order valence-corrected chi connectivity index (χ2v) is 13.2. The van der Waals surface area contributed by atoms with Crippen LogP contribution in [0.5, 0.6) is 0 Å². The molecule has 0 unspecified atom stereocenters. The summed E-state index contributed by atoms with van der Waals surface area (Å²) >= 11 is 1.04. The summed E-state index contributed by atoms with van der Waals surface area (Å²) in [7, 11) is 0. The van der Waals surface area contributed by atoms with E-state index in [4.69, 9.17) is 0 Å². The Morgan fingerprint density at radius 1 is 0.721 bits per heavy atom. The zero-order valence-electron chi connectivity index (χ0n) is 24.7. The molecule has 226 valence electrons. The molecule has 3 aromatic carbocycles. The second kappa shape index (κ2) is 10.0. The normalized spacial score (nSPS) is 13.3. The van der Waals surface area contributed by atoms with E-state index in [0.717, 1.165) is 44.4 Å². The van der Waals surface area contributed by atoms with Gasteiger partial charge in [-0.15, -0.1) is 11.3 Å². The summed E-state index contributed by atoms with van der Waals surface area (Å²) in [5, 5.41) is 1.39. The Hall–Kier alpha value is -3.46. The number of benzene rings is 3. The van der Waals surface area contributed by atoms with Crippen LogP contribution in [-0.4, -0.2) is 17.3 Å². The molecule has 0 aliphatic carbocycles. The number of rotatable bonds is 3. The zero-order chi connectivity index (χ0) is 31.9. The monoisotopic (exact) mass is 617 g/mol. The molecule has 43 heavy (non-hydrogen) atoms. The van der Waals surface area contributed by atoms with Crippen LogP contribution in [0.25, 0.3) is 42.6 Å². The van der Waals surface area contributed by atoms with Crippen LogP contribution in [0, 0.1) is 27.7 Å². The van der Waals surface area contributed by atoms with Crippen molar-refractivity contribution in [3.05, 3.63) is 88.1 Å². The topological polar surface area (TPSA) is 12.9 Å². The van der Waals surface area contributed by atoms with Crippen LogP contribution in [0.1, 0.15) is 54.2 Å². The van der Waals surface area contributed by atoms with E-state index in [1.54, 1.807) is 0 Å². The molecule has 2 aromatic heterocycles. The summed E-state index contributed by atoms with van der Waals surface area (Å²) < 4.78 is 100. The molecular formula is C34H30F7NS. The van der Waals surface area contributed by atoms with Crippen molar-refractivity contribution in [3.63, 3.8) is 0 Å². The third-order valence-electron chi connectivity index (χ3n) is 7.95. The first-order valence-electron chi connectivity index (χ1n) is 13.6. The summed E-state index contributed by atoms with van der Waals surface area (Å²) in [6.07, 6.45) is -12.1. The largest absolute Gasteiger partial charge is 0.436 e. The number of aryl methyl sites for hydroxylation is 4. The van der Waals surface area contributed by atoms with Gasteiger partial charge < -0.3 is 0 Å². The van der Waals surface area contributed by atoms with Crippen LogP contribution in [0.3, 0.4) is 0 Å². The molecule has 0 saturated heterocycles. The number of halogens is 7. The number of pyridine rings is 1. The Kier molecular flexibility index (Phi) is 7.24. The summed E-state index contributed by atoms with van der Waals surface area (Å²) in [4.78, 5) is 4.65. The first kappa shape index (κ1) is 31.0. The maximum atomic E-state index is 15.7. The Bertz CT molecular complexity index is 1850. The lowest BCUT2D eigenvalue weighted by atomic mass is 9.82. The molecular weight excluding hydrogens is 587 g/mol. The highest BCUT2D eigenvalue weighted by Crippen LogP contribution is 2.57. The van der Waals surface area contributed by atoms with Crippen LogP contribution in [-0.2, 0) is 11.1 Å². The van der Waals surface area contributed by atoms with Gasteiger partial charge in [0.15, 0.2) is 0 Å². The van der Waals surface area contributed by atoms with Gasteiger partial charge in [-0.05, 0) is 83.8 Å². The molecule has 0 atom stereocenters. The molecule has 0 aliphatic heterocycles. The minimum absolute atomic E-state index is 0.0649. The van der Waals surface area contributed by atoms with Crippen molar-refractivity contribution in [2.45, 2.75) is 71.9 Å². The van der Waals surface area contributed by atoms with E-state index in [0.29, 0.717) is 22.2 Å². The predicted molar refractivity (Wildman–Crippen MR) is 161 cm³/mol. The lowest BCUT2D eigenvalue weighted by Gasteiger charge is -2.31. The lowest BCUT2D eigenvalue weighted by Crippen LogP contribution is -2.50. The fourth-order valence-corrected chi connectivity index (χ4v) is 7.55. The van der Waals surface area contributed by atoms with E-state index in [-0.39, 0.29) is 21.4 Å². The van der Waals surface area contributed by atoms with Crippen molar-refractivity contribution in [3.8, 4) is 21.7 Å². The first-order chi connectivity index (χ1) is 19.8. The molecule has 0 bridgehead atoms. The minimum Gasteiger partial charge on any atom is -0.254 e. The Morgan fingerprint density at radius 2 is 1.30 bits per heavy atom. The van der Waals surface area contributed by atoms with Gasteiger partial charge in [-0.3, -0.25) is 4.98 Å². The summed E-state index contributed by atoms with van der Waals surface area (Å²) in [6, 6.07) is 15.1. The van der Waals surface area contributed by atoms with Crippen LogP contribution < -0.4 is 0 Å². The molecule has 0 fully saturated rings. The van der Waals surface area contributed by atoms with Gasteiger partial charge in [-0.25, -0.2) is 4.39 Å². The van der Waals surface area contributed by atoms with Crippen LogP contribution >= 0.6 is 11.3 Å². The van der Waals surface area contributed by atoms with Gasteiger partial charge >= 0.3 is 18.0 Å². The molecule has 0 aliphatic rings. The molecule has 5 rings (SSSR count). The van der Waals surface area contributed by atoms with E-state index in [2.05, 4.69) is 4.98 Å². The van der Waals surface area contributed by atoms with E-state index in [1.165, 1.54) is 6.92 Å². The number of nitrogens with zero attached hydrogens (tertiary/aromatic N) is 1. The maximum Gasteiger partial charge on any atom is 0.436 e. The Morgan fingerprint density at radius 3 is 1.86 bits per heavy atom. The number of alkyl halides is 7. The number of hydrogen-bond acceptors (Lipinski definition) is 2. The molecule has 5 aromatic rings. The van der Waals surface area contributed by atoms with Gasteiger partial charge in [-0.1, -0.05) is 62.7 Å². The van der Waals surface area contributed by atoms with Gasteiger partial charge in [0.05, 0.1) is 10.4 Å². The zero-order valence-corrected chi connectivity index (χ0v) is 25.5. The smallest absolute Gasteiger partial charge is 0.254 e. The highest BCUT2D eigenvalue weighted by Gasteiger charge is 2.74. The van der Waals surface area contributed by atoms with Crippen molar-refractivity contribution in [1.29, 1.82) is 0 Å². The van der Waals surface area contributed by atoms with Gasteiger partial charge in [0.1, 0.15) is 0 Å². The molecule has 9 heteroatoms. The van der Waals surface area contributed by atoms with Crippen molar-refractivity contribution in [1.82, 2.24) is 4.98 Å². The molecule has 0 N–H and O–H groups in total. The minimum atomic E-state index is -6.27. The molecule has 1 nitrogen and oxygen atoms in total. The Labute approximate surface area is 249 Å². The van der Waals surface area contributed by atoms with Crippen LogP contribution in [0.2, 0.25) is 0 Å². The highest BCUT2D eigenvalue weighted by molar-refractivity contribution is 7.23. The molecule has 0 radical (unpaired) electrons. The number of fused-ring (bicyclic) bond motifs is 2. The molecule has 0 amide bonds. The van der Waals surface area contributed by atoms with E-state index >= 15 is 4.39 Å². The number of hydrogen-bond donors (Lipinski definition) is 0. The average Bonchev–Trinajstić information content (AvgIpc) is 3.21. The molecule has 0 spiro atoms. The standard InChI is InChI=1S/C34H30F7NS/c1-17-12-18(2)26(19(3)13-17)29-20(4)27-25(32(35,33(36,37)38)34(39,40)41)16-42-28(30(27)43-29)22-14-21-10-8-9-11-23(21)24(15-22)31(5,6)7/h8-16H,1-7H3. The molecule has 2 heterocycles. The maximum absolute atomic E-state index is 15.7. The van der Waals surface area contributed by atoms with Crippen LogP contribution in [0.15, 0.2) is 54.7 Å². The number of thiophene rings is 1. The highest BCUT2D eigenvalue weighted by atomic mass is 32.1. The summed E-state index contributed by atoms with van der Waals surface area (Å²) in [5.41, 5.74) is -2.45. The Balaban J connectivity index is 1.96. The van der Waals surface area contributed by atoms with Crippen molar-refractivity contribution >= 4 is 32.2 Å². The fraction of sp³-hybridized carbons (Fsp3) is 0.324. The molecule has 0 saturated carbocycles. The van der Waals surface area contributed by atoms with Crippen LogP contribution in [0.4, 0.5) is 30.7 Å². The van der Waals surface area contributed by atoms with Gasteiger partial charge in [-0.2, -0.15) is 26.3 Å². The third kappa shape index (κ3) is 4.89. The number of aromatic nitrogens is 1. The SMILES string of the molecule is Cc1cc(C)c(-c2sc3c(-c4cc(C(C)(C)C)c5ccccc5c4)ncc(C(F)(C(F)(F)F)C(F)(F)F)c3c2C)c(C)c1. The predicted octanol–water partition coefficient (Wildman–Crippen LogP) is 11.6. The quantitative estimate of drug-likeness (QED) is 0.184. The lowest BCUT2D eigenvalue weighted by molar-refractivity contribution is -0.348. The van der Waals surface area contributed by atoms with Gasteiger partial charge in [0.25, 0.3) is 0 Å². The third-order valence-corrected chi connectivity index (χ3v) is 9.27. The fourth-order valence-electron chi connectivity index (χ4n) is 6.03. The second-order valence-electron chi connectivity index (χ2n) is 12.2. The average molecular weight is 618 g/mol. The van der Waals surface area contributed by atoms with E-state index in [1.807, 2.05) is 90.1 Å². The first-order valence-corrected chi connectivity index (χ1v) is 14.5. The van der Waals surface area contributed by atoms with Crippen molar-refractivity contribution in [2.24, 2.45) is 0 Å².